The standard InChI is InChI=1S/C22H24N2O3S/c1-4-20(25)24-11-12-28-22(24)18-13-17(27-3)9-10-19(18)23(21(22)26)14-16-8-6-5-7-15(16)2/h5-10,13H,4,11-12,14H2,1-3H3. The number of carbonyl (C=O) groups excluding carboxylic acids is 2. The maximum absolute atomic E-state index is 13.8. The van der Waals surface area contributed by atoms with E-state index in [1.807, 2.05) is 48.2 Å². The summed E-state index contributed by atoms with van der Waals surface area (Å²) < 4.78 is 5.43. The molecule has 2 aromatic carbocycles. The second-order valence-corrected chi connectivity index (χ2v) is 8.38. The van der Waals surface area contributed by atoms with Crippen LogP contribution in [0.4, 0.5) is 5.69 Å². The van der Waals surface area contributed by atoms with Gasteiger partial charge in [0.15, 0.2) is 4.87 Å². The van der Waals surface area contributed by atoms with Crippen LogP contribution in [0.25, 0.3) is 0 Å². The molecule has 1 saturated heterocycles. The van der Waals surface area contributed by atoms with Gasteiger partial charge in [0.25, 0.3) is 5.91 Å². The molecular formula is C22H24N2O3S. The third-order valence-electron chi connectivity index (χ3n) is 5.59. The molecule has 0 aliphatic carbocycles. The van der Waals surface area contributed by atoms with Gasteiger partial charge < -0.3 is 14.5 Å². The van der Waals surface area contributed by atoms with Gasteiger partial charge in [0.05, 0.1) is 19.3 Å². The molecule has 0 bridgehead atoms. The number of amides is 2. The van der Waals surface area contributed by atoms with Crippen LogP contribution in [-0.2, 0) is 21.0 Å². The SMILES string of the molecule is CCC(=O)N1CCSC12C(=O)N(Cc1ccccc1C)c1ccc(OC)cc12. The first-order valence-corrected chi connectivity index (χ1v) is 10.5. The summed E-state index contributed by atoms with van der Waals surface area (Å²) >= 11 is 1.55. The van der Waals surface area contributed by atoms with E-state index in [2.05, 4.69) is 13.0 Å². The summed E-state index contributed by atoms with van der Waals surface area (Å²) in [6.07, 6.45) is 0.382. The molecule has 2 heterocycles. The van der Waals surface area contributed by atoms with Crippen LogP contribution < -0.4 is 9.64 Å². The molecule has 2 aliphatic rings. The fourth-order valence-corrected chi connectivity index (χ4v) is 5.55. The van der Waals surface area contributed by atoms with Gasteiger partial charge in [-0.1, -0.05) is 31.2 Å². The lowest BCUT2D eigenvalue weighted by atomic mass is 10.0. The van der Waals surface area contributed by atoms with Crippen LogP contribution >= 0.6 is 11.8 Å². The third kappa shape index (κ3) is 2.70. The van der Waals surface area contributed by atoms with E-state index in [-0.39, 0.29) is 11.8 Å². The van der Waals surface area contributed by atoms with E-state index < -0.39 is 4.87 Å². The van der Waals surface area contributed by atoms with E-state index in [9.17, 15) is 9.59 Å². The Morgan fingerprint density at radius 1 is 1.25 bits per heavy atom. The number of ether oxygens (including phenoxy) is 1. The van der Waals surface area contributed by atoms with Gasteiger partial charge in [-0.15, -0.1) is 11.8 Å². The van der Waals surface area contributed by atoms with Crippen LogP contribution in [0.1, 0.15) is 30.0 Å². The molecule has 0 N–H and O–H groups in total. The minimum atomic E-state index is -0.986. The minimum Gasteiger partial charge on any atom is -0.497 e. The number of benzene rings is 2. The minimum absolute atomic E-state index is 0.00450. The van der Waals surface area contributed by atoms with Crippen molar-refractivity contribution in [2.75, 3.05) is 24.3 Å². The molecule has 1 fully saturated rings. The summed E-state index contributed by atoms with van der Waals surface area (Å²) in [6.45, 7) is 4.97. The number of nitrogens with zero attached hydrogens (tertiary/aromatic N) is 2. The third-order valence-corrected chi connectivity index (χ3v) is 7.01. The Hall–Kier alpha value is -2.47. The van der Waals surface area contributed by atoms with Gasteiger partial charge in [-0.05, 0) is 36.2 Å². The summed E-state index contributed by atoms with van der Waals surface area (Å²) in [6, 6.07) is 13.8. The fraction of sp³-hybridized carbons (Fsp3) is 0.364. The maximum Gasteiger partial charge on any atom is 0.268 e. The average molecular weight is 397 g/mol. The number of anilines is 1. The Labute approximate surface area is 169 Å². The number of hydrogen-bond acceptors (Lipinski definition) is 4. The van der Waals surface area contributed by atoms with E-state index in [1.165, 1.54) is 0 Å². The lowest BCUT2D eigenvalue weighted by Gasteiger charge is -2.33. The Bertz CT molecular complexity index is 945. The first-order valence-electron chi connectivity index (χ1n) is 9.52. The molecule has 2 aliphatic heterocycles. The highest BCUT2D eigenvalue weighted by Crippen LogP contribution is 2.55. The molecule has 28 heavy (non-hydrogen) atoms. The Kier molecular flexibility index (Phi) is 4.83. The van der Waals surface area contributed by atoms with Gasteiger partial charge in [0.2, 0.25) is 5.91 Å². The molecule has 2 aromatic rings. The number of thioether (sulfide) groups is 1. The molecular weight excluding hydrogens is 372 g/mol. The van der Waals surface area contributed by atoms with Crippen LogP contribution in [0.2, 0.25) is 0 Å². The highest BCUT2D eigenvalue weighted by atomic mass is 32.2. The zero-order valence-corrected chi connectivity index (χ0v) is 17.2. The van der Waals surface area contributed by atoms with E-state index in [0.717, 1.165) is 28.1 Å². The largest absolute Gasteiger partial charge is 0.497 e. The normalized spacial score (nSPS) is 20.8. The topological polar surface area (TPSA) is 49.9 Å². The predicted octanol–water partition coefficient (Wildman–Crippen LogP) is 3.69. The van der Waals surface area contributed by atoms with Crippen LogP contribution in [0.3, 0.4) is 0 Å². The zero-order chi connectivity index (χ0) is 19.9. The summed E-state index contributed by atoms with van der Waals surface area (Å²) in [5.74, 6) is 1.40. The monoisotopic (exact) mass is 396 g/mol. The lowest BCUT2D eigenvalue weighted by Crippen LogP contribution is -2.50. The van der Waals surface area contributed by atoms with Crippen LogP contribution in [-0.4, -0.2) is 36.1 Å². The molecule has 2 amide bonds. The molecule has 6 heteroatoms. The molecule has 0 saturated carbocycles. The Balaban J connectivity index is 1.85. The number of aryl methyl sites for hydroxylation is 1. The molecule has 146 valence electrons. The Morgan fingerprint density at radius 2 is 2.04 bits per heavy atom. The number of hydrogen-bond donors (Lipinski definition) is 0. The quantitative estimate of drug-likeness (QED) is 0.791. The van der Waals surface area contributed by atoms with Crippen molar-refractivity contribution in [3.8, 4) is 5.75 Å². The second-order valence-electron chi connectivity index (χ2n) is 7.09. The molecule has 1 atom stereocenters. The van der Waals surface area contributed by atoms with Crippen molar-refractivity contribution < 1.29 is 14.3 Å². The van der Waals surface area contributed by atoms with Crippen molar-refractivity contribution >= 4 is 29.3 Å². The van der Waals surface area contributed by atoms with Crippen LogP contribution in [0, 0.1) is 6.92 Å². The van der Waals surface area contributed by atoms with Crippen molar-refractivity contribution in [1.82, 2.24) is 4.90 Å². The summed E-state index contributed by atoms with van der Waals surface area (Å²) in [5.41, 5.74) is 3.96. The number of rotatable bonds is 4. The molecule has 1 spiro atoms. The number of carbonyl (C=O) groups is 2. The van der Waals surface area contributed by atoms with Crippen molar-refractivity contribution in [2.24, 2.45) is 0 Å². The predicted molar refractivity (Wildman–Crippen MR) is 112 cm³/mol. The van der Waals surface area contributed by atoms with E-state index in [0.29, 0.717) is 25.3 Å². The highest BCUT2D eigenvalue weighted by molar-refractivity contribution is 8.01. The number of methoxy groups -OCH3 is 1. The van der Waals surface area contributed by atoms with Crippen molar-refractivity contribution in [3.05, 3.63) is 59.2 Å². The van der Waals surface area contributed by atoms with Crippen LogP contribution in [0.15, 0.2) is 42.5 Å². The smallest absolute Gasteiger partial charge is 0.268 e. The van der Waals surface area contributed by atoms with Gasteiger partial charge in [0, 0.05) is 24.3 Å². The van der Waals surface area contributed by atoms with Crippen molar-refractivity contribution in [1.29, 1.82) is 0 Å². The molecule has 5 nitrogen and oxygen atoms in total. The van der Waals surface area contributed by atoms with Gasteiger partial charge >= 0.3 is 0 Å². The summed E-state index contributed by atoms with van der Waals surface area (Å²) in [4.78, 5) is 29.1. The summed E-state index contributed by atoms with van der Waals surface area (Å²) in [5, 5.41) is 0. The molecule has 0 aromatic heterocycles. The van der Waals surface area contributed by atoms with Gasteiger partial charge in [-0.2, -0.15) is 0 Å². The summed E-state index contributed by atoms with van der Waals surface area (Å²) in [7, 11) is 1.62. The molecule has 0 radical (unpaired) electrons. The lowest BCUT2D eigenvalue weighted by molar-refractivity contribution is -0.139. The van der Waals surface area contributed by atoms with E-state index in [4.69, 9.17) is 4.74 Å². The molecule has 1 unspecified atom stereocenters. The van der Waals surface area contributed by atoms with Crippen molar-refractivity contribution in [2.45, 2.75) is 31.7 Å². The first kappa shape index (κ1) is 18.9. The fourth-order valence-electron chi connectivity index (χ4n) is 4.08. The van der Waals surface area contributed by atoms with Gasteiger partial charge in [-0.3, -0.25) is 9.59 Å². The zero-order valence-electron chi connectivity index (χ0n) is 16.4. The van der Waals surface area contributed by atoms with Crippen molar-refractivity contribution in [3.63, 3.8) is 0 Å². The van der Waals surface area contributed by atoms with Gasteiger partial charge in [-0.25, -0.2) is 0 Å². The Morgan fingerprint density at radius 3 is 2.75 bits per heavy atom. The molecule has 4 rings (SSSR count). The van der Waals surface area contributed by atoms with E-state index >= 15 is 0 Å². The highest BCUT2D eigenvalue weighted by Gasteiger charge is 2.59. The number of fused-ring (bicyclic) bond motifs is 2. The first-order chi connectivity index (χ1) is 13.5. The van der Waals surface area contributed by atoms with Crippen LogP contribution in [0.5, 0.6) is 5.75 Å². The second kappa shape index (κ2) is 7.17. The van der Waals surface area contributed by atoms with E-state index in [1.54, 1.807) is 23.8 Å². The maximum atomic E-state index is 13.8. The average Bonchev–Trinajstić information content (AvgIpc) is 3.26. The van der Waals surface area contributed by atoms with Gasteiger partial charge in [0.1, 0.15) is 5.75 Å².